The third kappa shape index (κ3) is 8.32. The number of amides is 3. The van der Waals surface area contributed by atoms with Crippen molar-refractivity contribution in [2.45, 2.75) is 76.5 Å². The van der Waals surface area contributed by atoms with Gasteiger partial charge in [-0.05, 0) is 56.6 Å². The van der Waals surface area contributed by atoms with Crippen LogP contribution in [0.25, 0.3) is 0 Å². The topological polar surface area (TPSA) is 168 Å². The fourth-order valence-corrected chi connectivity index (χ4v) is 4.27. The van der Waals surface area contributed by atoms with E-state index in [9.17, 15) is 24.3 Å². The monoisotopic (exact) mass is 489 g/mol. The Morgan fingerprint density at radius 3 is 2.40 bits per heavy atom. The largest absolute Gasteiger partial charge is 0.480 e. The molecule has 1 fully saturated rings. The van der Waals surface area contributed by atoms with Gasteiger partial charge in [-0.15, -0.1) is 0 Å². The summed E-state index contributed by atoms with van der Waals surface area (Å²) in [6, 6.07) is 5.93. The van der Waals surface area contributed by atoms with Crippen LogP contribution in [0.4, 0.5) is 0 Å². The predicted octanol–water partition coefficient (Wildman–Crippen LogP) is 0.387. The number of benzene rings is 1. The van der Waals surface area contributed by atoms with Crippen molar-refractivity contribution in [2.75, 3.05) is 13.1 Å². The van der Waals surface area contributed by atoms with E-state index in [4.69, 9.17) is 11.5 Å². The van der Waals surface area contributed by atoms with Crippen molar-refractivity contribution in [3.05, 3.63) is 35.9 Å². The van der Waals surface area contributed by atoms with Crippen molar-refractivity contribution < 1.29 is 24.3 Å². The number of carboxylic acids is 1. The summed E-state index contributed by atoms with van der Waals surface area (Å²) >= 11 is 0. The molecular formula is C25H39N5O5. The van der Waals surface area contributed by atoms with Gasteiger partial charge in [0, 0.05) is 6.54 Å². The van der Waals surface area contributed by atoms with Crippen LogP contribution in [0, 0.1) is 5.92 Å². The van der Waals surface area contributed by atoms with Gasteiger partial charge in [-0.25, -0.2) is 4.79 Å². The first-order valence-electron chi connectivity index (χ1n) is 12.3. The maximum absolute atomic E-state index is 13.2. The third-order valence-corrected chi connectivity index (χ3v) is 6.26. The normalized spacial score (nSPS) is 18.1. The number of hydrogen-bond acceptors (Lipinski definition) is 6. The molecular weight excluding hydrogens is 450 g/mol. The molecule has 2 rings (SSSR count). The Kier molecular flexibility index (Phi) is 11.1. The van der Waals surface area contributed by atoms with E-state index < -0.39 is 42.0 Å². The van der Waals surface area contributed by atoms with Crippen LogP contribution < -0.4 is 22.1 Å². The SMILES string of the molecule is CC(C)C(NC(=O)C(CCCCN)NC(=O)C1CCCN1C(=O)C(N)Cc1ccccc1)C(=O)O. The van der Waals surface area contributed by atoms with Crippen LogP contribution >= 0.6 is 0 Å². The molecule has 1 aliphatic heterocycles. The molecule has 0 bridgehead atoms. The Balaban J connectivity index is 2.08. The average molecular weight is 490 g/mol. The molecule has 1 saturated heterocycles. The highest BCUT2D eigenvalue weighted by Crippen LogP contribution is 2.20. The van der Waals surface area contributed by atoms with E-state index in [-0.39, 0.29) is 11.8 Å². The molecule has 0 aromatic heterocycles. The van der Waals surface area contributed by atoms with E-state index >= 15 is 0 Å². The highest BCUT2D eigenvalue weighted by atomic mass is 16.4. The molecule has 0 radical (unpaired) electrons. The molecule has 4 unspecified atom stereocenters. The zero-order chi connectivity index (χ0) is 26.0. The van der Waals surface area contributed by atoms with Gasteiger partial charge in [0.05, 0.1) is 6.04 Å². The molecule has 7 N–H and O–H groups in total. The van der Waals surface area contributed by atoms with Gasteiger partial charge >= 0.3 is 5.97 Å². The highest BCUT2D eigenvalue weighted by Gasteiger charge is 2.38. The molecule has 4 atom stereocenters. The van der Waals surface area contributed by atoms with E-state index in [0.717, 1.165) is 5.56 Å². The fraction of sp³-hybridized carbons (Fsp3) is 0.600. The maximum Gasteiger partial charge on any atom is 0.326 e. The van der Waals surface area contributed by atoms with Crippen LogP contribution in [0.5, 0.6) is 0 Å². The minimum atomic E-state index is -1.14. The first-order valence-corrected chi connectivity index (χ1v) is 12.3. The zero-order valence-corrected chi connectivity index (χ0v) is 20.6. The van der Waals surface area contributed by atoms with Crippen molar-refractivity contribution in [3.63, 3.8) is 0 Å². The quantitative estimate of drug-likeness (QED) is 0.250. The Morgan fingerprint density at radius 1 is 1.11 bits per heavy atom. The second-order valence-corrected chi connectivity index (χ2v) is 9.40. The molecule has 0 aliphatic carbocycles. The number of nitrogens with one attached hydrogen (secondary N) is 2. The number of rotatable bonds is 13. The first kappa shape index (κ1) is 28.3. The van der Waals surface area contributed by atoms with Crippen LogP contribution in [0.3, 0.4) is 0 Å². The van der Waals surface area contributed by atoms with E-state index in [1.807, 2.05) is 30.3 Å². The van der Waals surface area contributed by atoms with Crippen molar-refractivity contribution >= 4 is 23.7 Å². The molecule has 0 spiro atoms. The highest BCUT2D eigenvalue weighted by molar-refractivity contribution is 5.94. The summed E-state index contributed by atoms with van der Waals surface area (Å²) in [7, 11) is 0. The average Bonchev–Trinajstić information content (AvgIpc) is 3.31. The predicted molar refractivity (Wildman–Crippen MR) is 132 cm³/mol. The maximum atomic E-state index is 13.2. The third-order valence-electron chi connectivity index (χ3n) is 6.26. The van der Waals surface area contributed by atoms with Gasteiger partial charge in [0.1, 0.15) is 18.1 Å². The molecule has 10 nitrogen and oxygen atoms in total. The van der Waals surface area contributed by atoms with E-state index in [0.29, 0.717) is 51.6 Å². The molecule has 10 heteroatoms. The number of nitrogens with zero attached hydrogens (tertiary/aromatic N) is 1. The number of unbranched alkanes of at least 4 members (excludes halogenated alkanes) is 1. The summed E-state index contributed by atoms with van der Waals surface area (Å²) in [6.45, 7) is 4.25. The van der Waals surface area contributed by atoms with E-state index in [1.165, 1.54) is 4.90 Å². The van der Waals surface area contributed by atoms with E-state index in [2.05, 4.69) is 10.6 Å². The Bertz CT molecular complexity index is 863. The zero-order valence-electron chi connectivity index (χ0n) is 20.6. The number of carbonyl (C=O) groups excluding carboxylic acids is 3. The lowest BCUT2D eigenvalue weighted by Crippen LogP contribution is -2.57. The summed E-state index contributed by atoms with van der Waals surface area (Å²) in [5.41, 5.74) is 12.7. The molecule has 1 heterocycles. The molecule has 1 aliphatic rings. The molecule has 194 valence electrons. The van der Waals surface area contributed by atoms with Crippen LogP contribution in [0.15, 0.2) is 30.3 Å². The van der Waals surface area contributed by atoms with Crippen molar-refractivity contribution in [1.82, 2.24) is 15.5 Å². The molecule has 3 amide bonds. The van der Waals surface area contributed by atoms with Gasteiger partial charge in [0.2, 0.25) is 17.7 Å². The molecule has 35 heavy (non-hydrogen) atoms. The summed E-state index contributed by atoms with van der Waals surface area (Å²) in [5.74, 6) is -2.77. The molecule has 1 aromatic rings. The Hall–Kier alpha value is -2.98. The number of hydrogen-bond donors (Lipinski definition) is 5. The fourth-order valence-electron chi connectivity index (χ4n) is 4.27. The summed E-state index contributed by atoms with van der Waals surface area (Å²) in [5, 5.41) is 14.7. The van der Waals surface area contributed by atoms with Gasteiger partial charge in [-0.2, -0.15) is 0 Å². The van der Waals surface area contributed by atoms with Crippen LogP contribution in [-0.2, 0) is 25.6 Å². The first-order chi connectivity index (χ1) is 16.6. The lowest BCUT2D eigenvalue weighted by molar-refractivity contribution is -0.144. The minimum Gasteiger partial charge on any atom is -0.480 e. The van der Waals surface area contributed by atoms with Gasteiger partial charge < -0.3 is 32.1 Å². The number of likely N-dealkylation sites (tertiary alicyclic amines) is 1. The number of aliphatic carboxylic acids is 1. The molecule has 1 aromatic carbocycles. The Labute approximate surface area is 206 Å². The number of carbonyl (C=O) groups is 4. The van der Waals surface area contributed by atoms with Crippen LogP contribution in [0.2, 0.25) is 0 Å². The second-order valence-electron chi connectivity index (χ2n) is 9.40. The lowest BCUT2D eigenvalue weighted by atomic mass is 10.0. The molecule has 0 saturated carbocycles. The van der Waals surface area contributed by atoms with Gasteiger partial charge in [0.15, 0.2) is 0 Å². The van der Waals surface area contributed by atoms with Crippen molar-refractivity contribution in [1.29, 1.82) is 0 Å². The number of nitrogens with two attached hydrogens (primary N) is 2. The minimum absolute atomic E-state index is 0.304. The van der Waals surface area contributed by atoms with E-state index in [1.54, 1.807) is 13.8 Å². The van der Waals surface area contributed by atoms with Crippen molar-refractivity contribution in [3.8, 4) is 0 Å². The van der Waals surface area contributed by atoms with Crippen molar-refractivity contribution in [2.24, 2.45) is 17.4 Å². The van der Waals surface area contributed by atoms with Gasteiger partial charge in [-0.3, -0.25) is 14.4 Å². The summed E-state index contributed by atoms with van der Waals surface area (Å²) in [4.78, 5) is 52.2. The number of carboxylic acid groups (broad SMARTS) is 1. The second kappa shape index (κ2) is 13.8. The van der Waals surface area contributed by atoms with Crippen LogP contribution in [0.1, 0.15) is 51.5 Å². The summed E-state index contributed by atoms with van der Waals surface area (Å²) in [6.07, 6.45) is 3.04. The van der Waals surface area contributed by atoms with Gasteiger partial charge in [0.25, 0.3) is 0 Å². The standard InChI is InChI=1S/C25H39N5O5/c1-16(2)21(25(34)35)29-22(31)19(11-6-7-13-26)28-23(32)20-12-8-14-30(20)24(33)18(27)15-17-9-4-3-5-10-17/h3-5,9-10,16,18-21H,6-8,11-15,26-27H2,1-2H3,(H,28,32)(H,29,31)(H,34,35). The van der Waals surface area contributed by atoms with Crippen LogP contribution in [-0.4, -0.2) is 71.0 Å². The Morgan fingerprint density at radius 2 is 1.80 bits per heavy atom. The summed E-state index contributed by atoms with van der Waals surface area (Å²) < 4.78 is 0. The lowest BCUT2D eigenvalue weighted by Gasteiger charge is -2.29. The van der Waals surface area contributed by atoms with Gasteiger partial charge in [-0.1, -0.05) is 44.2 Å². The smallest absolute Gasteiger partial charge is 0.326 e.